The van der Waals surface area contributed by atoms with Gasteiger partial charge in [0, 0.05) is 5.39 Å². The molecule has 3 aliphatic rings. The zero-order valence-corrected chi connectivity index (χ0v) is 25.3. The number of benzene rings is 2. The summed E-state index contributed by atoms with van der Waals surface area (Å²) in [6, 6.07) is 16.7. The van der Waals surface area contributed by atoms with Gasteiger partial charge in [-0.25, -0.2) is 4.79 Å². The molecule has 1 saturated heterocycles. The first-order valence-electron chi connectivity index (χ1n) is 14.5. The third-order valence-corrected chi connectivity index (χ3v) is 10.3. The minimum atomic E-state index is -0.783. The van der Waals surface area contributed by atoms with Crippen molar-refractivity contribution in [1.82, 2.24) is 9.47 Å². The number of hydrogen-bond donors (Lipinski definition) is 1. The molecule has 9 heteroatoms. The number of carbonyl (C=O) groups excluding carboxylic acids is 3. The number of fused-ring (bicyclic) bond motifs is 3. The predicted molar refractivity (Wildman–Crippen MR) is 156 cm³/mol. The minimum Gasteiger partial charge on any atom is -0.296 e. The molecule has 2 aromatic carbocycles. The first-order chi connectivity index (χ1) is 19.7. The Morgan fingerprint density at radius 1 is 1.07 bits per heavy atom. The Bertz CT molecular complexity index is 1480. The van der Waals surface area contributed by atoms with Crippen LogP contribution in [0.15, 0.2) is 54.6 Å². The number of carbonyl (C=O) groups is 3. The van der Waals surface area contributed by atoms with E-state index in [0.717, 1.165) is 42.1 Å². The summed E-state index contributed by atoms with van der Waals surface area (Å²) in [6.45, 7) is 3.87. The quantitative estimate of drug-likeness (QED) is 0.290. The topological polar surface area (TPSA) is 80.6 Å². The van der Waals surface area contributed by atoms with Crippen molar-refractivity contribution in [3.63, 3.8) is 0 Å². The Balaban J connectivity index is 1.25. The predicted octanol–water partition coefficient (Wildman–Crippen LogP) is 5.56. The molecule has 1 aromatic heterocycles. The smallest absolute Gasteiger partial charge is 0.296 e. The number of aromatic nitrogens is 1. The molecular weight excluding hydrogens is 584 g/mol. The second-order valence-corrected chi connectivity index (χ2v) is 13.5. The summed E-state index contributed by atoms with van der Waals surface area (Å²) < 4.78 is 20.5. The maximum absolute atomic E-state index is 14.0. The van der Waals surface area contributed by atoms with Gasteiger partial charge < -0.3 is 4.74 Å². The van der Waals surface area contributed by atoms with E-state index < -0.39 is 11.8 Å². The Morgan fingerprint density at radius 2 is 1.80 bits per heavy atom. The van der Waals surface area contributed by atoms with Gasteiger partial charge in [-0.2, -0.15) is 0 Å². The van der Waals surface area contributed by atoms with Crippen molar-refractivity contribution < 1.29 is 23.5 Å². The average Bonchev–Trinajstić information content (AvgIpc) is 3.65. The van der Waals surface area contributed by atoms with E-state index in [-0.39, 0.29) is 46.9 Å². The summed E-state index contributed by atoms with van der Waals surface area (Å²) >= 11 is 2.45. The van der Waals surface area contributed by atoms with E-state index in [0.29, 0.717) is 24.3 Å². The molecule has 2 radical (unpaired) electrons. The van der Waals surface area contributed by atoms with Gasteiger partial charge in [0.1, 0.15) is 5.69 Å². The van der Waals surface area contributed by atoms with E-state index >= 15 is 0 Å². The third-order valence-electron chi connectivity index (χ3n) is 9.16. The molecule has 3 atom stereocenters. The molecule has 6 rings (SSSR count). The summed E-state index contributed by atoms with van der Waals surface area (Å²) in [6.07, 6.45) is 3.83. The number of likely N-dealkylation sites (tertiary alicyclic amines) is 1. The second-order valence-electron chi connectivity index (χ2n) is 12.1. The van der Waals surface area contributed by atoms with E-state index in [1.807, 2.05) is 66.9 Å². The van der Waals surface area contributed by atoms with Crippen molar-refractivity contribution in [2.75, 3.05) is 18.5 Å². The molecule has 2 aliphatic heterocycles. The van der Waals surface area contributed by atoms with E-state index in [1.54, 1.807) is 11.0 Å². The van der Waals surface area contributed by atoms with Crippen LogP contribution in [-0.2, 0) is 20.1 Å². The van der Waals surface area contributed by atoms with Gasteiger partial charge in [-0.05, 0) is 26.0 Å². The number of amides is 2. The van der Waals surface area contributed by atoms with E-state index in [2.05, 4.69) is 22.2 Å². The number of hydrogen-bond acceptors (Lipinski definition) is 4. The molecule has 2 fully saturated rings. The van der Waals surface area contributed by atoms with Gasteiger partial charge >= 0.3 is 180 Å². The summed E-state index contributed by atoms with van der Waals surface area (Å²) in [5.41, 5.74) is 2.21. The molecule has 41 heavy (non-hydrogen) atoms. The average molecular weight is 620 g/mol. The molecule has 1 saturated carbocycles. The summed E-state index contributed by atoms with van der Waals surface area (Å²) in [4.78, 5) is 42.0. The number of halogens is 1. The molecular formula is C32H35AsFN3O4. The fourth-order valence-electron chi connectivity index (χ4n) is 7.09. The standard InChI is InChI=1S/C32H35AsFN3O4/c1-32(2)37-26-13-12-23(16-22(26)17-27(37)31(40)41-32)35-29(38)28-24(19-6-4-3-5-7-19)14-15-36(28)30(39)21-10-8-20(9-11-21)25(33)18-34/h3-7,12-13,16-17,20-21,24-25,28H,8-11,14-15,18H2,1-2H3,(H,35,38)/t20?,21?,24-,25-,28+/m1/s1. The molecule has 0 unspecified atom stereocenters. The first kappa shape index (κ1) is 28.0. The first-order valence-corrected chi connectivity index (χ1v) is 15.6. The molecule has 1 aliphatic carbocycles. The Hall–Kier alpha value is -3.12. The molecule has 0 spiro atoms. The van der Waals surface area contributed by atoms with Crippen molar-refractivity contribution in [1.29, 1.82) is 0 Å². The van der Waals surface area contributed by atoms with Crippen LogP contribution in [0.5, 0.6) is 0 Å². The van der Waals surface area contributed by atoms with Crippen molar-refractivity contribution in [3.05, 3.63) is 65.9 Å². The zero-order chi connectivity index (χ0) is 28.9. The SMILES string of the molecule is CC1(C)OC(=O)c2cc3cc(NC(=O)[C@@H]4[C@@H](c5ccccc5)CCN4C(=O)C4CCC([C@H]([As])CF)CC4)ccc3n21. The Labute approximate surface area is 248 Å². The number of nitrogens with zero attached hydrogens (tertiary/aromatic N) is 2. The zero-order valence-electron chi connectivity index (χ0n) is 23.4. The molecule has 0 bridgehead atoms. The molecule has 2 amide bonds. The number of ether oxygens (including phenoxy) is 1. The molecule has 1 N–H and O–H groups in total. The van der Waals surface area contributed by atoms with E-state index in [9.17, 15) is 18.8 Å². The Kier molecular flexibility index (Phi) is 7.48. The second kappa shape index (κ2) is 10.9. The van der Waals surface area contributed by atoms with Crippen LogP contribution in [-0.4, -0.2) is 63.4 Å². The number of alkyl halides is 1. The van der Waals surface area contributed by atoms with Crippen molar-refractivity contribution in [3.8, 4) is 0 Å². The molecule has 3 aromatic rings. The summed E-state index contributed by atoms with van der Waals surface area (Å²) in [5.74, 6) is -0.514. The summed E-state index contributed by atoms with van der Waals surface area (Å²) in [5, 5.41) is 3.92. The Morgan fingerprint density at radius 3 is 2.51 bits per heavy atom. The van der Waals surface area contributed by atoms with E-state index in [4.69, 9.17) is 4.74 Å². The number of cyclic esters (lactones) is 1. The minimum absolute atomic E-state index is 0.0319. The van der Waals surface area contributed by atoms with Crippen LogP contribution >= 0.6 is 0 Å². The van der Waals surface area contributed by atoms with Gasteiger partial charge in [0.15, 0.2) is 5.72 Å². The van der Waals surface area contributed by atoms with Crippen LogP contribution in [0.2, 0.25) is 4.71 Å². The normalized spacial score (nSPS) is 26.0. The maximum atomic E-state index is 14.0. The number of nitrogens with one attached hydrogen (secondary N) is 1. The number of esters is 1. The van der Waals surface area contributed by atoms with Gasteiger partial charge in [0.05, 0.1) is 5.52 Å². The van der Waals surface area contributed by atoms with Crippen LogP contribution in [0.25, 0.3) is 10.9 Å². The van der Waals surface area contributed by atoms with Crippen LogP contribution in [0.4, 0.5) is 10.1 Å². The molecule has 214 valence electrons. The van der Waals surface area contributed by atoms with Crippen LogP contribution in [0.3, 0.4) is 0 Å². The van der Waals surface area contributed by atoms with Gasteiger partial charge in [0.25, 0.3) is 0 Å². The fourth-order valence-corrected chi connectivity index (χ4v) is 7.71. The van der Waals surface area contributed by atoms with Crippen molar-refractivity contribution >= 4 is 51.2 Å². The summed E-state index contributed by atoms with van der Waals surface area (Å²) in [7, 11) is 0. The monoisotopic (exact) mass is 619 g/mol. The number of rotatable bonds is 6. The molecule has 3 heterocycles. The van der Waals surface area contributed by atoms with Crippen LogP contribution < -0.4 is 5.32 Å². The fraction of sp³-hybridized carbons (Fsp3) is 0.469. The molecule has 7 nitrogen and oxygen atoms in total. The van der Waals surface area contributed by atoms with Crippen molar-refractivity contribution in [2.45, 2.75) is 68.3 Å². The van der Waals surface area contributed by atoms with Crippen LogP contribution in [0.1, 0.15) is 67.9 Å². The van der Waals surface area contributed by atoms with Gasteiger partial charge in [0.2, 0.25) is 0 Å². The number of anilines is 1. The van der Waals surface area contributed by atoms with Crippen molar-refractivity contribution in [2.24, 2.45) is 11.8 Å². The third kappa shape index (κ3) is 5.09. The van der Waals surface area contributed by atoms with Gasteiger partial charge in [-0.1, -0.05) is 6.07 Å². The van der Waals surface area contributed by atoms with E-state index in [1.165, 1.54) is 0 Å². The van der Waals surface area contributed by atoms with Crippen LogP contribution in [0, 0.1) is 11.8 Å². The van der Waals surface area contributed by atoms with Gasteiger partial charge in [-0.15, -0.1) is 0 Å². The van der Waals surface area contributed by atoms with Gasteiger partial charge in [-0.3, -0.25) is 4.57 Å².